The van der Waals surface area contributed by atoms with E-state index in [0.717, 1.165) is 141 Å². The zero-order valence-corrected chi connectivity index (χ0v) is 54.8. The molecule has 0 aliphatic heterocycles. The van der Waals surface area contributed by atoms with E-state index in [2.05, 4.69) is 106 Å². The van der Waals surface area contributed by atoms with Crippen LogP contribution in [0.2, 0.25) is 0 Å². The lowest BCUT2D eigenvalue weighted by atomic mass is 10.0. The molecule has 0 aromatic heterocycles. The highest BCUT2D eigenvalue weighted by molar-refractivity contribution is 7.47. The van der Waals surface area contributed by atoms with E-state index in [-0.39, 0.29) is 19.3 Å². The summed E-state index contributed by atoms with van der Waals surface area (Å²) in [4.78, 5) is 58.3. The van der Waals surface area contributed by atoms with Crippen molar-refractivity contribution in [2.45, 2.75) is 283 Å². The molecule has 0 saturated heterocycles. The third-order valence-corrected chi connectivity index (χ3v) is 15.5. The molecule has 0 radical (unpaired) electrons. The topological polar surface area (TPSA) is 231 Å². The molecule has 0 aliphatic rings. The molecular formula is C67H118O16P2. The Morgan fingerprint density at radius 2 is 0.624 bits per heavy atom. The molecule has 5 atom stereocenters. The third-order valence-electron chi connectivity index (χ3n) is 13.6. The number of rotatable bonds is 62. The lowest BCUT2D eigenvalue weighted by Gasteiger charge is -2.21. The van der Waals surface area contributed by atoms with Gasteiger partial charge in [-0.3, -0.25) is 32.5 Å². The molecule has 85 heavy (non-hydrogen) atoms. The number of carbonyl (C=O) groups is 3. The summed E-state index contributed by atoms with van der Waals surface area (Å²) in [6.45, 7) is 2.42. The van der Waals surface area contributed by atoms with Crippen LogP contribution in [0, 0.1) is 0 Å². The summed E-state index contributed by atoms with van der Waals surface area (Å²) < 4.78 is 60.8. The van der Waals surface area contributed by atoms with Crippen LogP contribution in [0.4, 0.5) is 0 Å². The lowest BCUT2D eigenvalue weighted by molar-refractivity contribution is -0.161. The smallest absolute Gasteiger partial charge is 0.463 e. The number of phosphoric ester groups is 2. The van der Waals surface area contributed by atoms with Crippen molar-refractivity contribution in [1.29, 1.82) is 0 Å². The van der Waals surface area contributed by atoms with E-state index in [1.807, 2.05) is 0 Å². The fourth-order valence-electron chi connectivity index (χ4n) is 8.63. The van der Waals surface area contributed by atoms with Crippen LogP contribution >= 0.6 is 15.6 Å². The van der Waals surface area contributed by atoms with Crippen LogP contribution in [0.1, 0.15) is 265 Å². The van der Waals surface area contributed by atoms with Gasteiger partial charge in [-0.05, 0) is 89.9 Å². The second-order valence-corrected chi connectivity index (χ2v) is 24.8. The Hall–Kier alpha value is -3.27. The zero-order chi connectivity index (χ0) is 62.4. The maximum Gasteiger partial charge on any atom is 0.472 e. The van der Waals surface area contributed by atoms with Crippen molar-refractivity contribution in [2.24, 2.45) is 0 Å². The van der Waals surface area contributed by atoms with Gasteiger partial charge < -0.3 is 34.2 Å². The number of hydrogen-bond donors (Lipinski definition) is 4. The Morgan fingerprint density at radius 3 is 0.988 bits per heavy atom. The number of aliphatic hydroxyl groups is 2. The highest BCUT2D eigenvalue weighted by Crippen LogP contribution is 2.45. The summed E-state index contributed by atoms with van der Waals surface area (Å²) in [5, 5.41) is 20.5. The molecule has 0 amide bonds. The zero-order valence-electron chi connectivity index (χ0n) is 53.0. The maximum atomic E-state index is 12.9. The van der Waals surface area contributed by atoms with Crippen molar-refractivity contribution < 1.29 is 75.8 Å². The molecule has 0 spiro atoms. The number of aliphatic hydroxyl groups excluding tert-OH is 2. The van der Waals surface area contributed by atoms with Crippen molar-refractivity contribution >= 4 is 33.6 Å². The first kappa shape index (κ1) is 81.7. The predicted molar refractivity (Wildman–Crippen MR) is 344 cm³/mol. The molecule has 0 rings (SSSR count). The van der Waals surface area contributed by atoms with Crippen LogP contribution in [0.25, 0.3) is 0 Å². The lowest BCUT2D eigenvalue weighted by Crippen LogP contribution is -2.30. The van der Waals surface area contributed by atoms with Crippen LogP contribution in [0.15, 0.2) is 85.1 Å². The van der Waals surface area contributed by atoms with E-state index in [1.165, 1.54) is 64.2 Å². The van der Waals surface area contributed by atoms with Gasteiger partial charge in [-0.1, -0.05) is 241 Å². The van der Waals surface area contributed by atoms with Crippen LogP contribution in [0.5, 0.6) is 0 Å². The van der Waals surface area contributed by atoms with Gasteiger partial charge >= 0.3 is 33.6 Å². The van der Waals surface area contributed by atoms with Gasteiger partial charge in [-0.25, -0.2) is 9.13 Å². The van der Waals surface area contributed by atoms with Gasteiger partial charge in [-0.15, -0.1) is 0 Å². The van der Waals surface area contributed by atoms with Crippen LogP contribution in [0.3, 0.4) is 0 Å². The maximum absolute atomic E-state index is 12.9. The first-order valence-electron chi connectivity index (χ1n) is 32.9. The average molecular weight is 1240 g/mol. The van der Waals surface area contributed by atoms with Gasteiger partial charge in [-0.2, -0.15) is 0 Å². The van der Waals surface area contributed by atoms with Crippen molar-refractivity contribution in [3.8, 4) is 0 Å². The molecule has 0 heterocycles. The van der Waals surface area contributed by atoms with E-state index in [9.17, 15) is 43.5 Å². The monoisotopic (exact) mass is 1240 g/mol. The summed E-state index contributed by atoms with van der Waals surface area (Å²) in [5.41, 5.74) is 0. The summed E-state index contributed by atoms with van der Waals surface area (Å²) in [5.74, 6) is -1.60. The number of esters is 3. The van der Waals surface area contributed by atoms with E-state index < -0.39 is 91.5 Å². The standard InChI is InChI=1S/C67H118O16P2/c1-4-7-10-13-16-19-22-25-28-30-33-35-38-41-44-47-50-53-65(70)77-56-62(68)57-79-84(73,74)80-58-63(69)59-81-85(75,76)82-61-64(83-67(72)55-52-49-46-43-40-37-32-27-24-21-18-15-12-9-6-3)60-78-66(71)54-51-48-45-42-39-36-34-31-29-26-23-20-17-14-11-8-5-2/h7-8,10-11,16-17,19-20,25-26,28-29,33,35,62-64,68-69H,4-6,9,12-15,18,21-24,27,30-32,34,36-61H2,1-3H3,(H,73,74)(H,75,76)/b10-7-,11-8-,19-16-,20-17-,28-25-,29-26-,35-33-. The predicted octanol–water partition coefficient (Wildman–Crippen LogP) is 17.8. The first-order valence-corrected chi connectivity index (χ1v) is 35.9. The fraction of sp³-hybridized carbons (Fsp3) is 0.746. The van der Waals surface area contributed by atoms with E-state index in [4.69, 9.17) is 32.3 Å². The van der Waals surface area contributed by atoms with Gasteiger partial charge in [0.2, 0.25) is 0 Å². The third kappa shape index (κ3) is 62.1. The minimum atomic E-state index is -4.92. The quantitative estimate of drug-likeness (QED) is 0.0146. The highest BCUT2D eigenvalue weighted by atomic mass is 31.2. The molecule has 0 aromatic carbocycles. The normalized spacial score (nSPS) is 14.9. The Bertz CT molecular complexity index is 1900. The van der Waals surface area contributed by atoms with Gasteiger partial charge in [0, 0.05) is 19.3 Å². The Morgan fingerprint density at radius 1 is 0.341 bits per heavy atom. The molecule has 16 nitrogen and oxygen atoms in total. The summed E-state index contributed by atoms with van der Waals surface area (Å²) in [6, 6.07) is 0. The van der Waals surface area contributed by atoms with Crippen molar-refractivity contribution in [2.75, 3.05) is 39.6 Å². The highest BCUT2D eigenvalue weighted by Gasteiger charge is 2.29. The van der Waals surface area contributed by atoms with E-state index in [0.29, 0.717) is 19.3 Å². The van der Waals surface area contributed by atoms with Crippen LogP contribution in [-0.2, 0) is 55.8 Å². The minimum absolute atomic E-state index is 0.105. The Balaban J connectivity index is 4.71. The van der Waals surface area contributed by atoms with Crippen molar-refractivity contribution in [1.82, 2.24) is 0 Å². The molecular weight excluding hydrogens is 1120 g/mol. The summed E-state index contributed by atoms with van der Waals surface area (Å²) in [7, 11) is -9.77. The SMILES string of the molecule is CC/C=C\C/C=C\C/C=C\C/C=C\CCCCCCC(=O)OCC(O)COP(=O)(O)OCC(O)COP(=O)(O)OCC(COC(=O)CCCCCCCCC/C=C\C/C=C\C/C=C\CC)OC(=O)CCCCCCCCCCCCCCCCC. The second kappa shape index (κ2) is 61.0. The number of phosphoric acid groups is 2. The second-order valence-electron chi connectivity index (χ2n) is 21.9. The molecule has 4 N–H and O–H groups in total. The molecule has 0 aliphatic carbocycles. The molecule has 0 saturated carbocycles. The number of carbonyl (C=O) groups excluding carboxylic acids is 3. The van der Waals surface area contributed by atoms with E-state index >= 15 is 0 Å². The molecule has 0 aromatic rings. The van der Waals surface area contributed by atoms with Crippen LogP contribution in [-0.4, -0.2) is 95.9 Å². The number of hydrogen-bond acceptors (Lipinski definition) is 14. The molecule has 492 valence electrons. The fourth-order valence-corrected chi connectivity index (χ4v) is 10.2. The van der Waals surface area contributed by atoms with E-state index in [1.54, 1.807) is 0 Å². The van der Waals surface area contributed by atoms with Gasteiger partial charge in [0.1, 0.15) is 25.4 Å². The Labute approximate surface area is 515 Å². The largest absolute Gasteiger partial charge is 0.472 e. The van der Waals surface area contributed by atoms with Gasteiger partial charge in [0.15, 0.2) is 6.10 Å². The number of allylic oxidation sites excluding steroid dienone is 14. The molecule has 0 bridgehead atoms. The number of ether oxygens (including phenoxy) is 3. The molecule has 18 heteroatoms. The Kier molecular flexibility index (Phi) is 58.6. The average Bonchev–Trinajstić information content (AvgIpc) is 3.48. The van der Waals surface area contributed by atoms with Gasteiger partial charge in [0.05, 0.1) is 26.4 Å². The van der Waals surface area contributed by atoms with Gasteiger partial charge in [0.25, 0.3) is 0 Å². The summed E-state index contributed by atoms with van der Waals surface area (Å²) in [6.07, 6.45) is 63.5. The minimum Gasteiger partial charge on any atom is -0.463 e. The molecule has 0 fully saturated rings. The first-order chi connectivity index (χ1) is 41.2. The molecule has 5 unspecified atom stereocenters. The van der Waals surface area contributed by atoms with Crippen LogP contribution < -0.4 is 0 Å². The van der Waals surface area contributed by atoms with Crippen molar-refractivity contribution in [3.05, 3.63) is 85.1 Å². The summed E-state index contributed by atoms with van der Waals surface area (Å²) >= 11 is 0. The number of unbranched alkanes of at least 4 members (excludes halogenated alkanes) is 25. The van der Waals surface area contributed by atoms with Crippen molar-refractivity contribution in [3.63, 3.8) is 0 Å².